The molecule has 0 rings (SSSR count). The Kier molecular flexibility index (Phi) is 27.3. The third-order valence-corrected chi connectivity index (χ3v) is 0. The first kappa shape index (κ1) is 15.8. The van der Waals surface area contributed by atoms with Crippen molar-refractivity contribution in [2.75, 3.05) is 0 Å². The van der Waals surface area contributed by atoms with Crippen LogP contribution in [0.1, 0.15) is 0 Å². The van der Waals surface area contributed by atoms with Crippen LogP contribution in [0, 0.1) is 0 Å². The second-order valence-electron chi connectivity index (χ2n) is 0.143. The fourth-order valence-electron chi connectivity index (χ4n) is 0. The zero-order valence-corrected chi connectivity index (χ0v) is 7.64. The Hall–Kier alpha value is 2.39. The largest absolute Gasteiger partial charge is 0 e. The zero-order chi connectivity index (χ0) is 3.58. The Morgan fingerprint density at radius 2 is 1.00 bits per heavy atom. The molecule has 0 aliphatic carbocycles. The maximum Gasteiger partial charge on any atom is 0 e. The van der Waals surface area contributed by atoms with Crippen molar-refractivity contribution in [1.82, 2.24) is 0 Å². The third-order valence-electron chi connectivity index (χ3n) is 0. The van der Waals surface area contributed by atoms with Crippen LogP contribution in [0.4, 0.5) is 0 Å². The Bertz CT molecular complexity index is 15.5. The quantitative estimate of drug-likeness (QED) is 0.595. The standard InChI is InChI=1S/3ClH.Co.Mn.Ni/h3*1H;;;/q;;;+3;;/p-3. The summed E-state index contributed by atoms with van der Waals surface area (Å²) in [5.41, 5.74) is 0. The van der Waals surface area contributed by atoms with Gasteiger partial charge in [-0.3, -0.25) is 0 Å². The summed E-state index contributed by atoms with van der Waals surface area (Å²) in [5.74, 6) is 0. The van der Waals surface area contributed by atoms with E-state index in [4.69, 9.17) is 30.4 Å². The fourth-order valence-corrected chi connectivity index (χ4v) is 0. The van der Waals surface area contributed by atoms with Crippen LogP contribution in [0.15, 0.2) is 0 Å². The fraction of sp³-hybridized carbons (Fsp3) is 0. The van der Waals surface area contributed by atoms with E-state index in [2.05, 4.69) is 0 Å². The van der Waals surface area contributed by atoms with Gasteiger partial charge in [0.05, 0.1) is 0 Å². The molecule has 0 N–H and O–H groups in total. The number of hydrogen-bond donors (Lipinski definition) is 0. The van der Waals surface area contributed by atoms with Crippen molar-refractivity contribution in [1.29, 1.82) is 0 Å². The molecule has 0 saturated heterocycles. The molecular formula is Cl3CoMnNi. The molecular weight excluding hydrogens is 279 g/mol. The summed E-state index contributed by atoms with van der Waals surface area (Å²) in [6, 6.07) is 0. The van der Waals surface area contributed by atoms with Crippen LogP contribution in [0.3, 0.4) is 0 Å². The van der Waals surface area contributed by atoms with Crippen molar-refractivity contribution >= 4 is 30.4 Å². The van der Waals surface area contributed by atoms with Crippen molar-refractivity contribution in [3.05, 3.63) is 0 Å². The van der Waals surface area contributed by atoms with Crippen molar-refractivity contribution < 1.29 is 44.5 Å². The molecule has 0 heterocycles. The second kappa shape index (κ2) is 10.4. The van der Waals surface area contributed by atoms with Gasteiger partial charge in [-0.1, -0.05) is 0 Å². The average Bonchev–Trinajstić information content (AvgIpc) is 0.811. The van der Waals surface area contributed by atoms with E-state index in [-0.39, 0.29) is 33.6 Å². The van der Waals surface area contributed by atoms with E-state index in [9.17, 15) is 0 Å². The Labute approximate surface area is 74.2 Å². The smallest absolute Gasteiger partial charge is 0 e. The second-order valence-corrected chi connectivity index (χ2v) is 5.30. The van der Waals surface area contributed by atoms with E-state index in [1.807, 2.05) is 0 Å². The van der Waals surface area contributed by atoms with E-state index in [0.717, 1.165) is 0 Å². The molecule has 0 spiro atoms. The van der Waals surface area contributed by atoms with Gasteiger partial charge in [-0.25, -0.2) is 0 Å². The Balaban J connectivity index is -0.0000000450. The molecule has 0 aliphatic heterocycles. The molecule has 0 aromatic carbocycles. The van der Waals surface area contributed by atoms with E-state index in [1.54, 1.807) is 0 Å². The maximum atomic E-state index is 4.87. The summed E-state index contributed by atoms with van der Waals surface area (Å²) in [7, 11) is 13.4. The first-order chi connectivity index (χ1) is 1.73. The van der Waals surface area contributed by atoms with E-state index in [1.165, 1.54) is 0 Å². The van der Waals surface area contributed by atoms with Crippen molar-refractivity contribution in [2.24, 2.45) is 0 Å². The monoisotopic (exact) mass is 277 g/mol. The Morgan fingerprint density at radius 3 is 1.00 bits per heavy atom. The molecule has 6 heavy (non-hydrogen) atoms. The van der Waals surface area contributed by atoms with Gasteiger partial charge in [0, 0.05) is 33.6 Å². The summed E-state index contributed by atoms with van der Waals surface area (Å²) in [4.78, 5) is 0. The van der Waals surface area contributed by atoms with Gasteiger partial charge in [0.25, 0.3) is 0 Å². The molecule has 0 atom stereocenters. The van der Waals surface area contributed by atoms with Crippen LogP contribution in [0.5, 0.6) is 0 Å². The summed E-state index contributed by atoms with van der Waals surface area (Å²) in [6.07, 6.45) is 0. The minimum Gasteiger partial charge on any atom is 0 e. The van der Waals surface area contributed by atoms with Crippen molar-refractivity contribution in [3.63, 3.8) is 0 Å². The van der Waals surface area contributed by atoms with Gasteiger partial charge in [-0.05, 0) is 0 Å². The predicted octanol–water partition coefficient (Wildman–Crippen LogP) is 2.06. The molecule has 1 radical (unpaired) electrons. The van der Waals surface area contributed by atoms with Crippen molar-refractivity contribution in [3.8, 4) is 0 Å². The molecule has 47 valence electrons. The van der Waals surface area contributed by atoms with Gasteiger partial charge in [0.1, 0.15) is 0 Å². The molecule has 0 unspecified atom stereocenters. The molecule has 0 nitrogen and oxygen atoms in total. The summed E-state index contributed by atoms with van der Waals surface area (Å²) < 4.78 is 0. The zero-order valence-electron chi connectivity index (χ0n) is 2.16. The summed E-state index contributed by atoms with van der Waals surface area (Å²) in [6.45, 7) is 0. The van der Waals surface area contributed by atoms with Crippen LogP contribution in [0.25, 0.3) is 0 Å². The summed E-state index contributed by atoms with van der Waals surface area (Å²) >= 11 is 0. The molecule has 0 aliphatic rings. The van der Waals surface area contributed by atoms with Crippen LogP contribution >= 0.6 is 30.4 Å². The normalized spacial score (nSPS) is 7.50. The Morgan fingerprint density at radius 1 is 1.00 bits per heavy atom. The molecule has 6 heteroatoms. The minimum absolute atomic E-state index is 0. The van der Waals surface area contributed by atoms with E-state index in [0.29, 0.717) is 0 Å². The molecule has 0 bridgehead atoms. The predicted molar refractivity (Wildman–Crippen MR) is 17.6 cm³/mol. The van der Waals surface area contributed by atoms with Crippen LogP contribution < -0.4 is 0 Å². The van der Waals surface area contributed by atoms with Crippen LogP contribution in [0.2, 0.25) is 0 Å². The van der Waals surface area contributed by atoms with E-state index < -0.39 is 10.9 Å². The van der Waals surface area contributed by atoms with E-state index >= 15 is 0 Å². The van der Waals surface area contributed by atoms with Gasteiger partial charge in [0.15, 0.2) is 0 Å². The first-order valence-electron chi connectivity index (χ1n) is 0.378. The number of rotatable bonds is 0. The first-order valence-corrected chi connectivity index (χ1v) is 4.68. The molecule has 0 aromatic rings. The number of hydrogen-bond acceptors (Lipinski definition) is 0. The minimum atomic E-state index is -1.19. The number of halogens is 3. The van der Waals surface area contributed by atoms with Gasteiger partial charge in [-0.2, -0.15) is 0 Å². The van der Waals surface area contributed by atoms with Crippen molar-refractivity contribution in [2.45, 2.75) is 0 Å². The van der Waals surface area contributed by atoms with Gasteiger partial charge < -0.3 is 0 Å². The van der Waals surface area contributed by atoms with Crippen LogP contribution in [-0.4, -0.2) is 0 Å². The topological polar surface area (TPSA) is 0 Å². The third kappa shape index (κ3) is 32.5. The molecule has 0 amide bonds. The van der Waals surface area contributed by atoms with Gasteiger partial charge in [-0.15, -0.1) is 0 Å². The molecule has 0 saturated carbocycles. The SMILES string of the molecule is [Cl][Co]([Cl])[Cl].[Mn].[Ni]. The molecule has 0 aromatic heterocycles. The van der Waals surface area contributed by atoms with Crippen LogP contribution in [-0.2, 0) is 44.5 Å². The maximum absolute atomic E-state index is 4.87. The summed E-state index contributed by atoms with van der Waals surface area (Å²) in [5, 5.41) is 0. The average molecular weight is 279 g/mol. The molecule has 0 fully saturated rings. The van der Waals surface area contributed by atoms with Gasteiger partial charge in [0.2, 0.25) is 0 Å². The van der Waals surface area contributed by atoms with Gasteiger partial charge >= 0.3 is 41.4 Å².